The molecule has 2 unspecified atom stereocenters. The molecular weight excluding hydrogens is 220 g/mol. The molecule has 1 aromatic heterocycles. The molecule has 17 heavy (non-hydrogen) atoms. The summed E-state index contributed by atoms with van der Waals surface area (Å²) in [7, 11) is 0. The van der Waals surface area contributed by atoms with Crippen LogP contribution in [0.5, 0.6) is 0 Å². The summed E-state index contributed by atoms with van der Waals surface area (Å²) in [5, 5.41) is 10.2. The molecule has 0 aliphatic carbocycles. The van der Waals surface area contributed by atoms with Gasteiger partial charge < -0.3 is 15.8 Å². The Morgan fingerprint density at radius 3 is 3.00 bits per heavy atom. The average molecular weight is 236 g/mol. The zero-order valence-electron chi connectivity index (χ0n) is 9.72. The summed E-state index contributed by atoms with van der Waals surface area (Å²) in [6, 6.07) is 3.09. The van der Waals surface area contributed by atoms with Crippen molar-refractivity contribution >= 4 is 11.7 Å². The van der Waals surface area contributed by atoms with Gasteiger partial charge in [-0.25, -0.2) is 0 Å². The molecule has 2 heterocycles. The molecule has 3 N–H and O–H groups in total. The van der Waals surface area contributed by atoms with Crippen LogP contribution < -0.4 is 11.1 Å². The molecule has 0 radical (unpaired) electrons. The van der Waals surface area contributed by atoms with E-state index in [4.69, 9.17) is 10.5 Å². The molecule has 1 fully saturated rings. The molecule has 2 rings (SSSR count). The van der Waals surface area contributed by atoms with Gasteiger partial charge in [0.1, 0.15) is 5.82 Å². The lowest BCUT2D eigenvalue weighted by molar-refractivity contribution is 0.0709. The fourth-order valence-corrected chi connectivity index (χ4v) is 1.83. The van der Waals surface area contributed by atoms with Gasteiger partial charge in [0.05, 0.1) is 12.1 Å². The van der Waals surface area contributed by atoms with Crippen molar-refractivity contribution in [3.8, 4) is 0 Å². The Kier molecular flexibility index (Phi) is 3.53. The Hall–Kier alpha value is -1.69. The number of nitrogens with two attached hydrogens (primary N) is 1. The van der Waals surface area contributed by atoms with Gasteiger partial charge in [-0.15, -0.1) is 10.2 Å². The fraction of sp³-hybridized carbons (Fsp3) is 0.545. The lowest BCUT2D eigenvalue weighted by Gasteiger charge is -2.19. The average Bonchev–Trinajstić information content (AvgIpc) is 2.83. The third-order valence-electron chi connectivity index (χ3n) is 2.80. The molecule has 2 atom stereocenters. The van der Waals surface area contributed by atoms with Gasteiger partial charge in [-0.3, -0.25) is 4.79 Å². The van der Waals surface area contributed by atoms with E-state index in [2.05, 4.69) is 15.5 Å². The second-order valence-corrected chi connectivity index (χ2v) is 4.16. The number of aromatic nitrogens is 2. The molecule has 0 bridgehead atoms. The second kappa shape index (κ2) is 5.09. The van der Waals surface area contributed by atoms with E-state index in [9.17, 15) is 4.79 Å². The third kappa shape index (κ3) is 2.91. The van der Waals surface area contributed by atoms with Crippen molar-refractivity contribution in [1.82, 2.24) is 15.5 Å². The van der Waals surface area contributed by atoms with Gasteiger partial charge in [0, 0.05) is 6.61 Å². The van der Waals surface area contributed by atoms with Crippen molar-refractivity contribution in [3.05, 3.63) is 17.8 Å². The number of carbonyl (C=O) groups excluding carboxylic acids is 1. The van der Waals surface area contributed by atoms with Crippen LogP contribution in [-0.4, -0.2) is 34.9 Å². The van der Waals surface area contributed by atoms with E-state index in [1.165, 1.54) is 0 Å². The van der Waals surface area contributed by atoms with E-state index in [0.717, 1.165) is 19.4 Å². The van der Waals surface area contributed by atoms with Crippen LogP contribution in [0.15, 0.2) is 12.1 Å². The standard InChI is InChI=1S/C11H16N4O2/c1-7(9-3-2-6-17-9)13-11(16)8-4-5-10(12)15-14-8/h4-5,7,9H,2-3,6H2,1H3,(H2,12,15)(H,13,16). The van der Waals surface area contributed by atoms with Crippen LogP contribution in [0.2, 0.25) is 0 Å². The van der Waals surface area contributed by atoms with E-state index in [-0.39, 0.29) is 23.7 Å². The number of rotatable bonds is 3. The monoisotopic (exact) mass is 236 g/mol. The molecule has 1 aliphatic heterocycles. The van der Waals surface area contributed by atoms with Crippen LogP contribution >= 0.6 is 0 Å². The maximum atomic E-state index is 11.8. The lowest BCUT2D eigenvalue weighted by atomic mass is 10.1. The van der Waals surface area contributed by atoms with Crippen LogP contribution in [0.3, 0.4) is 0 Å². The van der Waals surface area contributed by atoms with Gasteiger partial charge in [-0.1, -0.05) is 0 Å². The number of nitrogen functional groups attached to an aromatic ring is 1. The summed E-state index contributed by atoms with van der Waals surface area (Å²) in [4.78, 5) is 11.8. The smallest absolute Gasteiger partial charge is 0.272 e. The second-order valence-electron chi connectivity index (χ2n) is 4.16. The van der Waals surface area contributed by atoms with Crippen molar-refractivity contribution in [2.45, 2.75) is 31.9 Å². The number of hydrogen-bond donors (Lipinski definition) is 2. The van der Waals surface area contributed by atoms with Crippen LogP contribution in [0.25, 0.3) is 0 Å². The number of nitrogens with zero attached hydrogens (tertiary/aromatic N) is 2. The molecule has 0 aromatic carbocycles. The highest BCUT2D eigenvalue weighted by molar-refractivity contribution is 5.92. The molecule has 1 aliphatic rings. The SMILES string of the molecule is CC(NC(=O)c1ccc(N)nn1)C1CCCO1. The number of amides is 1. The Morgan fingerprint density at radius 2 is 2.41 bits per heavy atom. The minimum atomic E-state index is -0.250. The first-order valence-electron chi connectivity index (χ1n) is 5.68. The van der Waals surface area contributed by atoms with Gasteiger partial charge in [0.25, 0.3) is 5.91 Å². The number of carbonyl (C=O) groups is 1. The van der Waals surface area contributed by atoms with Crippen molar-refractivity contribution in [2.24, 2.45) is 0 Å². The minimum absolute atomic E-state index is 0.0237. The molecule has 6 nitrogen and oxygen atoms in total. The highest BCUT2D eigenvalue weighted by atomic mass is 16.5. The summed E-state index contributed by atoms with van der Waals surface area (Å²) in [6.07, 6.45) is 2.13. The van der Waals surface area contributed by atoms with Gasteiger partial charge in [0.2, 0.25) is 0 Å². The molecule has 1 aromatic rings. The van der Waals surface area contributed by atoms with Gasteiger partial charge in [0.15, 0.2) is 5.69 Å². The molecule has 0 saturated carbocycles. The van der Waals surface area contributed by atoms with Crippen molar-refractivity contribution < 1.29 is 9.53 Å². The first-order chi connectivity index (χ1) is 8.16. The Morgan fingerprint density at radius 1 is 1.59 bits per heavy atom. The highest BCUT2D eigenvalue weighted by Gasteiger charge is 2.24. The zero-order valence-corrected chi connectivity index (χ0v) is 9.72. The van der Waals surface area contributed by atoms with Crippen molar-refractivity contribution in [1.29, 1.82) is 0 Å². The normalized spacial score (nSPS) is 21.1. The maximum absolute atomic E-state index is 11.8. The molecule has 0 spiro atoms. The summed E-state index contributed by atoms with van der Waals surface area (Å²) in [5.74, 6) is 0.0502. The number of anilines is 1. The first kappa shape index (κ1) is 11.8. The largest absolute Gasteiger partial charge is 0.382 e. The van der Waals surface area contributed by atoms with Crippen LogP contribution in [0, 0.1) is 0 Å². The topological polar surface area (TPSA) is 90.1 Å². The summed E-state index contributed by atoms with van der Waals surface area (Å²) in [6.45, 7) is 2.70. The van der Waals surface area contributed by atoms with Gasteiger partial charge in [-0.05, 0) is 31.9 Å². The predicted molar refractivity (Wildman–Crippen MR) is 62.3 cm³/mol. The molecule has 92 valence electrons. The molecule has 6 heteroatoms. The summed E-state index contributed by atoms with van der Waals surface area (Å²) in [5.41, 5.74) is 5.67. The Balaban J connectivity index is 1.94. The van der Waals surface area contributed by atoms with Crippen LogP contribution in [-0.2, 0) is 4.74 Å². The van der Waals surface area contributed by atoms with Crippen LogP contribution in [0.1, 0.15) is 30.3 Å². The fourth-order valence-electron chi connectivity index (χ4n) is 1.83. The number of ether oxygens (including phenoxy) is 1. The lowest BCUT2D eigenvalue weighted by Crippen LogP contribution is -2.41. The Labute approximate surface area is 99.6 Å². The van der Waals surface area contributed by atoms with E-state index < -0.39 is 0 Å². The van der Waals surface area contributed by atoms with Gasteiger partial charge >= 0.3 is 0 Å². The third-order valence-corrected chi connectivity index (χ3v) is 2.80. The number of nitrogens with one attached hydrogen (secondary N) is 1. The zero-order chi connectivity index (χ0) is 12.3. The van der Waals surface area contributed by atoms with Gasteiger partial charge in [-0.2, -0.15) is 0 Å². The van der Waals surface area contributed by atoms with Crippen molar-refractivity contribution in [2.75, 3.05) is 12.3 Å². The first-order valence-corrected chi connectivity index (χ1v) is 5.68. The summed E-state index contributed by atoms with van der Waals surface area (Å²) < 4.78 is 5.50. The molecule has 1 amide bonds. The molecule has 1 saturated heterocycles. The quantitative estimate of drug-likeness (QED) is 0.790. The number of hydrogen-bond acceptors (Lipinski definition) is 5. The summed E-state index contributed by atoms with van der Waals surface area (Å²) >= 11 is 0. The van der Waals surface area contributed by atoms with E-state index >= 15 is 0 Å². The van der Waals surface area contributed by atoms with E-state index in [1.54, 1.807) is 12.1 Å². The van der Waals surface area contributed by atoms with E-state index in [1.807, 2.05) is 6.92 Å². The Bertz CT molecular complexity index is 387. The maximum Gasteiger partial charge on any atom is 0.272 e. The van der Waals surface area contributed by atoms with Crippen LogP contribution in [0.4, 0.5) is 5.82 Å². The highest BCUT2D eigenvalue weighted by Crippen LogP contribution is 2.15. The molecular formula is C11H16N4O2. The predicted octanol–water partition coefficient (Wildman–Crippen LogP) is 0.356. The van der Waals surface area contributed by atoms with Crippen molar-refractivity contribution in [3.63, 3.8) is 0 Å². The minimum Gasteiger partial charge on any atom is -0.382 e. The van der Waals surface area contributed by atoms with E-state index in [0.29, 0.717) is 5.82 Å².